The number of amides is 1. The van der Waals surface area contributed by atoms with Crippen LogP contribution in [0.5, 0.6) is 0 Å². The van der Waals surface area contributed by atoms with Crippen LogP contribution in [0.1, 0.15) is 38.8 Å². The normalized spacial score (nSPS) is 14.4. The molecule has 0 saturated heterocycles. The molecule has 4 nitrogen and oxygen atoms in total. The number of pyridine rings is 1. The molecule has 1 heterocycles. The van der Waals surface area contributed by atoms with Gasteiger partial charge in [-0.3, -0.25) is 9.78 Å². The van der Waals surface area contributed by atoms with Gasteiger partial charge in [-0.2, -0.15) is 0 Å². The summed E-state index contributed by atoms with van der Waals surface area (Å²) in [4.78, 5) is 15.8. The Morgan fingerprint density at radius 1 is 1.47 bits per heavy atom. The Balaban J connectivity index is 2.51. The third-order valence-electron chi connectivity index (χ3n) is 2.61. The first-order valence-corrected chi connectivity index (χ1v) is 5.96. The summed E-state index contributed by atoms with van der Waals surface area (Å²) >= 11 is 0. The lowest BCUT2D eigenvalue weighted by Gasteiger charge is -2.18. The van der Waals surface area contributed by atoms with Crippen LogP contribution in [-0.4, -0.2) is 16.9 Å². The first-order chi connectivity index (χ1) is 8.00. The van der Waals surface area contributed by atoms with Crippen LogP contribution in [0.3, 0.4) is 0 Å². The van der Waals surface area contributed by atoms with Gasteiger partial charge in [0.25, 0.3) is 0 Å². The van der Waals surface area contributed by atoms with E-state index in [-0.39, 0.29) is 11.9 Å². The molecule has 1 aromatic heterocycles. The van der Waals surface area contributed by atoms with Crippen molar-refractivity contribution < 1.29 is 4.79 Å². The van der Waals surface area contributed by atoms with E-state index in [1.54, 1.807) is 12.4 Å². The number of aromatic nitrogens is 1. The fourth-order valence-corrected chi connectivity index (χ4v) is 1.65. The van der Waals surface area contributed by atoms with Gasteiger partial charge in [0.05, 0.1) is 12.1 Å². The maximum Gasteiger partial charge on any atom is 0.237 e. The standard InChI is InChI=1S/C13H21N3O/c1-9(2)7-12(14)13(17)16-10(3)11-5-4-6-15-8-11/h4-6,8-10,12H,7,14H2,1-3H3,(H,16,17)/t10?,12-/m0/s1. The fraction of sp³-hybridized carbons (Fsp3) is 0.538. The quantitative estimate of drug-likeness (QED) is 0.815. The summed E-state index contributed by atoms with van der Waals surface area (Å²) in [6, 6.07) is 3.29. The van der Waals surface area contributed by atoms with Crippen LogP contribution in [0.4, 0.5) is 0 Å². The highest BCUT2D eigenvalue weighted by Crippen LogP contribution is 2.10. The van der Waals surface area contributed by atoms with E-state index < -0.39 is 6.04 Å². The highest BCUT2D eigenvalue weighted by Gasteiger charge is 2.17. The molecule has 1 rings (SSSR count). The number of carbonyl (C=O) groups is 1. The van der Waals surface area contributed by atoms with Crippen LogP contribution in [0.25, 0.3) is 0 Å². The van der Waals surface area contributed by atoms with Crippen molar-refractivity contribution in [1.29, 1.82) is 0 Å². The largest absolute Gasteiger partial charge is 0.348 e. The number of nitrogens with zero attached hydrogens (tertiary/aromatic N) is 1. The van der Waals surface area contributed by atoms with E-state index >= 15 is 0 Å². The summed E-state index contributed by atoms with van der Waals surface area (Å²) in [5.41, 5.74) is 6.80. The fourth-order valence-electron chi connectivity index (χ4n) is 1.65. The molecule has 0 aliphatic heterocycles. The van der Waals surface area contributed by atoms with E-state index in [4.69, 9.17) is 5.73 Å². The van der Waals surface area contributed by atoms with Gasteiger partial charge >= 0.3 is 0 Å². The minimum Gasteiger partial charge on any atom is -0.348 e. The van der Waals surface area contributed by atoms with Crippen molar-refractivity contribution in [2.45, 2.75) is 39.3 Å². The molecule has 3 N–H and O–H groups in total. The predicted octanol–water partition coefficient (Wildman–Crippen LogP) is 1.63. The molecule has 94 valence electrons. The Hall–Kier alpha value is -1.42. The summed E-state index contributed by atoms with van der Waals surface area (Å²) in [7, 11) is 0. The van der Waals surface area contributed by atoms with Gasteiger partial charge in [0.2, 0.25) is 5.91 Å². The molecule has 0 saturated carbocycles. The van der Waals surface area contributed by atoms with Gasteiger partial charge in [0.15, 0.2) is 0 Å². The highest BCUT2D eigenvalue weighted by molar-refractivity contribution is 5.81. The molecule has 0 aromatic carbocycles. The van der Waals surface area contributed by atoms with E-state index in [1.807, 2.05) is 19.1 Å². The lowest BCUT2D eigenvalue weighted by Crippen LogP contribution is -2.42. The van der Waals surface area contributed by atoms with Gasteiger partial charge < -0.3 is 11.1 Å². The zero-order valence-electron chi connectivity index (χ0n) is 10.7. The zero-order chi connectivity index (χ0) is 12.8. The number of hydrogen-bond acceptors (Lipinski definition) is 3. The monoisotopic (exact) mass is 235 g/mol. The van der Waals surface area contributed by atoms with Gasteiger partial charge in [-0.1, -0.05) is 19.9 Å². The van der Waals surface area contributed by atoms with Crippen LogP contribution in [0, 0.1) is 5.92 Å². The second kappa shape index (κ2) is 6.35. The average molecular weight is 235 g/mol. The lowest BCUT2D eigenvalue weighted by molar-refractivity contribution is -0.123. The highest BCUT2D eigenvalue weighted by atomic mass is 16.2. The Bertz CT molecular complexity index is 351. The Morgan fingerprint density at radius 3 is 2.71 bits per heavy atom. The molecular weight excluding hydrogens is 214 g/mol. The molecule has 0 aliphatic rings. The zero-order valence-corrected chi connectivity index (χ0v) is 10.7. The van der Waals surface area contributed by atoms with Gasteiger partial charge in [-0.15, -0.1) is 0 Å². The van der Waals surface area contributed by atoms with Crippen molar-refractivity contribution in [3.63, 3.8) is 0 Å². The summed E-state index contributed by atoms with van der Waals surface area (Å²) in [5.74, 6) is 0.319. The average Bonchev–Trinajstić information content (AvgIpc) is 2.29. The van der Waals surface area contributed by atoms with Gasteiger partial charge in [-0.25, -0.2) is 0 Å². The van der Waals surface area contributed by atoms with Crippen molar-refractivity contribution in [3.05, 3.63) is 30.1 Å². The summed E-state index contributed by atoms with van der Waals surface area (Å²) in [5, 5.41) is 2.90. The molecule has 0 spiro atoms. The van der Waals surface area contributed by atoms with E-state index in [0.29, 0.717) is 12.3 Å². The molecule has 1 unspecified atom stereocenters. The molecule has 1 amide bonds. The lowest BCUT2D eigenvalue weighted by atomic mass is 10.0. The van der Waals surface area contributed by atoms with E-state index in [2.05, 4.69) is 24.1 Å². The Morgan fingerprint density at radius 2 is 2.18 bits per heavy atom. The van der Waals surface area contributed by atoms with Crippen molar-refractivity contribution in [1.82, 2.24) is 10.3 Å². The summed E-state index contributed by atoms with van der Waals surface area (Å²) in [6.45, 7) is 6.03. The number of nitrogens with two attached hydrogens (primary N) is 1. The van der Waals surface area contributed by atoms with Crippen molar-refractivity contribution in [2.75, 3.05) is 0 Å². The first-order valence-electron chi connectivity index (χ1n) is 5.96. The maximum atomic E-state index is 11.8. The molecule has 1 aromatic rings. The summed E-state index contributed by atoms with van der Waals surface area (Å²) in [6.07, 6.45) is 4.16. The molecule has 0 radical (unpaired) electrons. The first kappa shape index (κ1) is 13.6. The SMILES string of the molecule is CC(C)C[C@H](N)C(=O)NC(C)c1cccnc1. The van der Waals surface area contributed by atoms with Gasteiger partial charge in [0, 0.05) is 12.4 Å². The molecule has 0 aliphatic carbocycles. The minimum atomic E-state index is -0.436. The number of hydrogen-bond donors (Lipinski definition) is 2. The second-order valence-electron chi connectivity index (χ2n) is 4.75. The van der Waals surface area contributed by atoms with E-state index in [9.17, 15) is 4.79 Å². The van der Waals surface area contributed by atoms with Gasteiger partial charge in [-0.05, 0) is 30.9 Å². The minimum absolute atomic E-state index is 0.0607. The molecule has 0 bridgehead atoms. The molecule has 17 heavy (non-hydrogen) atoms. The second-order valence-corrected chi connectivity index (χ2v) is 4.75. The van der Waals surface area contributed by atoms with E-state index in [1.165, 1.54) is 0 Å². The third kappa shape index (κ3) is 4.53. The predicted molar refractivity (Wildman–Crippen MR) is 68.2 cm³/mol. The van der Waals surface area contributed by atoms with Crippen LogP contribution >= 0.6 is 0 Å². The van der Waals surface area contributed by atoms with Crippen LogP contribution in [-0.2, 0) is 4.79 Å². The van der Waals surface area contributed by atoms with Crippen LogP contribution in [0.2, 0.25) is 0 Å². The maximum absolute atomic E-state index is 11.8. The van der Waals surface area contributed by atoms with Crippen LogP contribution < -0.4 is 11.1 Å². The molecule has 2 atom stereocenters. The third-order valence-corrected chi connectivity index (χ3v) is 2.61. The molecular formula is C13H21N3O. The Labute approximate surface area is 103 Å². The van der Waals surface area contributed by atoms with Crippen molar-refractivity contribution in [2.24, 2.45) is 11.7 Å². The number of rotatable bonds is 5. The topological polar surface area (TPSA) is 68.0 Å². The Kier molecular flexibility index (Phi) is 5.10. The molecule has 0 fully saturated rings. The van der Waals surface area contributed by atoms with Crippen LogP contribution in [0.15, 0.2) is 24.5 Å². The molecule has 4 heteroatoms. The number of nitrogens with one attached hydrogen (secondary N) is 1. The van der Waals surface area contributed by atoms with E-state index in [0.717, 1.165) is 5.56 Å². The van der Waals surface area contributed by atoms with Gasteiger partial charge in [0.1, 0.15) is 0 Å². The van der Waals surface area contributed by atoms with Crippen molar-refractivity contribution >= 4 is 5.91 Å². The summed E-state index contributed by atoms with van der Waals surface area (Å²) < 4.78 is 0. The van der Waals surface area contributed by atoms with Crippen molar-refractivity contribution in [3.8, 4) is 0 Å². The smallest absolute Gasteiger partial charge is 0.237 e. The number of carbonyl (C=O) groups excluding carboxylic acids is 1.